The van der Waals surface area contributed by atoms with Gasteiger partial charge in [-0.1, -0.05) is 0 Å². The number of hydrogen-bond acceptors (Lipinski definition) is 5. The maximum Gasteiger partial charge on any atom is 0.246 e. The van der Waals surface area contributed by atoms with E-state index in [1.165, 1.54) is 6.42 Å². The molecule has 0 amide bonds. The number of anilines is 1. The third-order valence-corrected chi connectivity index (χ3v) is 4.21. The van der Waals surface area contributed by atoms with E-state index in [2.05, 4.69) is 20.1 Å². The van der Waals surface area contributed by atoms with E-state index in [9.17, 15) is 5.11 Å². The Kier molecular flexibility index (Phi) is 2.50. The van der Waals surface area contributed by atoms with Gasteiger partial charge < -0.3 is 10.0 Å². The fourth-order valence-corrected chi connectivity index (χ4v) is 3.18. The lowest BCUT2D eigenvalue weighted by Gasteiger charge is -2.23. The Morgan fingerprint density at radius 3 is 2.71 bits per heavy atom. The lowest BCUT2D eigenvalue weighted by molar-refractivity contribution is 0.204. The van der Waals surface area contributed by atoms with Crippen LogP contribution in [-0.4, -0.2) is 39.0 Å². The van der Waals surface area contributed by atoms with E-state index >= 15 is 0 Å². The summed E-state index contributed by atoms with van der Waals surface area (Å²) in [6, 6.07) is 0.912. The Labute approximate surface area is 101 Å². The van der Waals surface area contributed by atoms with E-state index < -0.39 is 0 Å². The van der Waals surface area contributed by atoms with E-state index in [0.717, 1.165) is 30.2 Å². The second-order valence-electron chi connectivity index (χ2n) is 5.17. The summed E-state index contributed by atoms with van der Waals surface area (Å²) < 4.78 is 0. The minimum Gasteiger partial charge on any atom is -0.396 e. The maximum atomic E-state index is 9.37. The van der Waals surface area contributed by atoms with Crippen LogP contribution in [0.1, 0.15) is 30.7 Å². The van der Waals surface area contributed by atoms with E-state index in [-0.39, 0.29) is 6.61 Å². The summed E-state index contributed by atoms with van der Waals surface area (Å²) in [5.41, 5.74) is 1.83. The third kappa shape index (κ3) is 1.60. The Morgan fingerprint density at radius 1 is 1.24 bits per heavy atom. The molecule has 92 valence electrons. The second-order valence-corrected chi connectivity index (χ2v) is 5.17. The van der Waals surface area contributed by atoms with Crippen molar-refractivity contribution in [1.29, 1.82) is 0 Å². The normalized spacial score (nSPS) is 31.2. The van der Waals surface area contributed by atoms with Crippen molar-refractivity contribution in [3.63, 3.8) is 0 Å². The van der Waals surface area contributed by atoms with Gasteiger partial charge in [0.2, 0.25) is 5.95 Å². The number of aliphatic hydroxyl groups excluding tert-OH is 1. The Morgan fingerprint density at radius 2 is 2.06 bits per heavy atom. The van der Waals surface area contributed by atoms with Gasteiger partial charge in [0.1, 0.15) is 0 Å². The lowest BCUT2D eigenvalue weighted by Crippen LogP contribution is -2.33. The van der Waals surface area contributed by atoms with Crippen LogP contribution >= 0.6 is 0 Å². The molecule has 3 unspecified atom stereocenters. The highest BCUT2D eigenvalue weighted by molar-refractivity contribution is 5.39. The number of nitrogens with zero attached hydrogens (tertiary/aromatic N) is 4. The Hall–Kier alpha value is -1.23. The molecule has 2 aliphatic heterocycles. The zero-order valence-corrected chi connectivity index (χ0v) is 10.3. The highest BCUT2D eigenvalue weighted by Crippen LogP contribution is 2.42. The van der Waals surface area contributed by atoms with Crippen LogP contribution in [0.5, 0.6) is 0 Å². The third-order valence-electron chi connectivity index (χ3n) is 4.21. The van der Waals surface area contributed by atoms with Crippen molar-refractivity contribution in [2.75, 3.05) is 11.5 Å². The van der Waals surface area contributed by atoms with Gasteiger partial charge in [-0.05, 0) is 33.1 Å². The summed E-state index contributed by atoms with van der Waals surface area (Å²) in [5, 5.41) is 17.7. The molecule has 17 heavy (non-hydrogen) atoms. The summed E-state index contributed by atoms with van der Waals surface area (Å²) in [7, 11) is 0. The molecule has 5 heteroatoms. The van der Waals surface area contributed by atoms with Crippen LogP contribution in [0.4, 0.5) is 5.95 Å². The molecule has 1 aromatic heterocycles. The molecule has 1 aromatic rings. The smallest absolute Gasteiger partial charge is 0.246 e. The highest BCUT2D eigenvalue weighted by atomic mass is 16.3. The second kappa shape index (κ2) is 3.91. The van der Waals surface area contributed by atoms with Gasteiger partial charge in [-0.15, -0.1) is 5.10 Å². The average Bonchev–Trinajstić information content (AvgIpc) is 2.89. The molecule has 3 rings (SSSR count). The number of fused-ring (bicyclic) bond motifs is 2. The lowest BCUT2D eigenvalue weighted by atomic mass is 9.90. The van der Waals surface area contributed by atoms with Gasteiger partial charge >= 0.3 is 0 Å². The van der Waals surface area contributed by atoms with Crippen LogP contribution in [0, 0.1) is 19.8 Å². The quantitative estimate of drug-likeness (QED) is 0.821. The number of aromatic nitrogens is 3. The molecule has 0 aliphatic carbocycles. The Bertz CT molecular complexity index is 437. The largest absolute Gasteiger partial charge is 0.396 e. The summed E-state index contributed by atoms with van der Waals surface area (Å²) in [4.78, 5) is 6.81. The molecule has 1 N–H and O–H groups in total. The number of aliphatic hydroxyl groups is 1. The number of hydrogen-bond donors (Lipinski definition) is 1. The molecular formula is C12H18N4O. The summed E-state index contributed by atoms with van der Waals surface area (Å²) in [6.45, 7) is 4.17. The van der Waals surface area contributed by atoms with Crippen LogP contribution in [0.2, 0.25) is 0 Å². The van der Waals surface area contributed by atoms with Crippen molar-refractivity contribution >= 4 is 5.95 Å². The topological polar surface area (TPSA) is 62.1 Å². The first kappa shape index (κ1) is 10.9. The summed E-state index contributed by atoms with van der Waals surface area (Å²) >= 11 is 0. The molecule has 0 radical (unpaired) electrons. The van der Waals surface area contributed by atoms with E-state index in [4.69, 9.17) is 0 Å². The fourth-order valence-electron chi connectivity index (χ4n) is 3.18. The molecule has 3 heterocycles. The first-order valence-corrected chi connectivity index (χ1v) is 6.28. The predicted molar refractivity (Wildman–Crippen MR) is 63.8 cm³/mol. The minimum atomic E-state index is 0.274. The number of rotatable bonds is 2. The van der Waals surface area contributed by atoms with Crippen molar-refractivity contribution in [1.82, 2.24) is 15.2 Å². The molecule has 2 bridgehead atoms. The van der Waals surface area contributed by atoms with E-state index in [0.29, 0.717) is 18.0 Å². The van der Waals surface area contributed by atoms with Gasteiger partial charge in [0.15, 0.2) is 0 Å². The zero-order chi connectivity index (χ0) is 12.0. The summed E-state index contributed by atoms with van der Waals surface area (Å²) in [6.07, 6.45) is 3.40. The van der Waals surface area contributed by atoms with Crippen molar-refractivity contribution in [3.8, 4) is 0 Å². The minimum absolute atomic E-state index is 0.274. The maximum absolute atomic E-state index is 9.37. The van der Waals surface area contributed by atoms with E-state index in [1.807, 2.05) is 13.8 Å². The van der Waals surface area contributed by atoms with Crippen LogP contribution in [0.3, 0.4) is 0 Å². The van der Waals surface area contributed by atoms with Crippen LogP contribution < -0.4 is 4.90 Å². The predicted octanol–water partition coefficient (Wildman–Crippen LogP) is 0.838. The van der Waals surface area contributed by atoms with Crippen molar-refractivity contribution in [2.45, 2.75) is 45.2 Å². The zero-order valence-electron chi connectivity index (χ0n) is 10.3. The Balaban J connectivity index is 1.92. The average molecular weight is 234 g/mol. The van der Waals surface area contributed by atoms with Gasteiger partial charge in [-0.25, -0.2) is 4.98 Å². The molecule has 3 atom stereocenters. The molecule has 0 saturated carbocycles. The van der Waals surface area contributed by atoms with Gasteiger partial charge in [-0.2, -0.15) is 5.10 Å². The SMILES string of the molecule is Cc1nnc(N2C3CCC2C(CO)C3)nc1C. The van der Waals surface area contributed by atoms with Crippen molar-refractivity contribution < 1.29 is 5.11 Å². The standard InChI is InChI=1S/C12H18N4O/c1-7-8(2)14-15-12(13-7)16-10-3-4-11(16)9(5-10)6-17/h9-11,17H,3-6H2,1-2H3. The summed E-state index contributed by atoms with van der Waals surface area (Å²) in [5.74, 6) is 1.13. The first-order valence-electron chi connectivity index (χ1n) is 6.28. The van der Waals surface area contributed by atoms with Gasteiger partial charge in [0.25, 0.3) is 0 Å². The van der Waals surface area contributed by atoms with Crippen LogP contribution in [0.25, 0.3) is 0 Å². The van der Waals surface area contributed by atoms with Crippen LogP contribution in [0.15, 0.2) is 0 Å². The van der Waals surface area contributed by atoms with Crippen molar-refractivity contribution in [3.05, 3.63) is 11.4 Å². The van der Waals surface area contributed by atoms with Gasteiger partial charge in [0, 0.05) is 24.6 Å². The molecule has 0 spiro atoms. The molecule has 0 aromatic carbocycles. The number of aryl methyl sites for hydroxylation is 2. The molecule has 2 saturated heterocycles. The molecule has 2 aliphatic rings. The fraction of sp³-hybridized carbons (Fsp3) is 0.750. The molecule has 5 nitrogen and oxygen atoms in total. The van der Waals surface area contributed by atoms with Gasteiger partial charge in [0.05, 0.1) is 11.4 Å². The molecular weight excluding hydrogens is 216 g/mol. The van der Waals surface area contributed by atoms with Gasteiger partial charge in [-0.3, -0.25) is 0 Å². The van der Waals surface area contributed by atoms with Crippen molar-refractivity contribution in [2.24, 2.45) is 5.92 Å². The van der Waals surface area contributed by atoms with Crippen LogP contribution in [-0.2, 0) is 0 Å². The van der Waals surface area contributed by atoms with E-state index in [1.54, 1.807) is 0 Å². The first-order chi connectivity index (χ1) is 8.20. The highest BCUT2D eigenvalue weighted by Gasteiger charge is 2.47. The monoisotopic (exact) mass is 234 g/mol. The molecule has 2 fully saturated rings.